The normalized spacial score (nSPS) is 10.0. The van der Waals surface area contributed by atoms with Crippen LogP contribution in [-0.2, 0) is 4.79 Å². The SMILES string of the molecule is CCCC(C)=O.CNCCCCCCNC(=O)c1ccc(C(C)=O)cc1.CNCCCCCCNC(=O)c1cccc(C(C)=O)c1. The maximum atomic E-state index is 11.9. The number of unbranched alkanes of at least 4 members (excludes halogenated alkanes) is 6. The van der Waals surface area contributed by atoms with Gasteiger partial charge in [-0.05, 0) is 104 Å². The van der Waals surface area contributed by atoms with Gasteiger partial charge in [-0.3, -0.25) is 19.2 Å². The van der Waals surface area contributed by atoms with E-state index in [-0.39, 0.29) is 29.2 Å². The van der Waals surface area contributed by atoms with Crippen LogP contribution in [0.5, 0.6) is 0 Å². The second-order valence-corrected chi connectivity index (χ2v) is 11.3. The number of rotatable bonds is 20. The Morgan fingerprint density at radius 1 is 0.522 bits per heavy atom. The Morgan fingerprint density at radius 3 is 1.33 bits per heavy atom. The van der Waals surface area contributed by atoms with Crippen molar-refractivity contribution in [3.63, 3.8) is 0 Å². The van der Waals surface area contributed by atoms with Gasteiger partial charge in [0.05, 0.1) is 0 Å². The summed E-state index contributed by atoms with van der Waals surface area (Å²) in [5.41, 5.74) is 2.36. The Morgan fingerprint density at radius 2 is 0.935 bits per heavy atom. The fourth-order valence-electron chi connectivity index (χ4n) is 4.26. The monoisotopic (exact) mass is 638 g/mol. The number of Topliss-reactive ketones (excluding diaryl/α,β-unsaturated/α-hetero) is 3. The van der Waals surface area contributed by atoms with Crippen molar-refractivity contribution in [3.8, 4) is 0 Å². The predicted molar refractivity (Wildman–Crippen MR) is 188 cm³/mol. The third kappa shape index (κ3) is 21.9. The zero-order valence-electron chi connectivity index (χ0n) is 29.1. The lowest BCUT2D eigenvalue weighted by molar-refractivity contribution is -0.117. The molecule has 0 aliphatic heterocycles. The van der Waals surface area contributed by atoms with Gasteiger partial charge in [0.25, 0.3) is 11.8 Å². The molecule has 2 rings (SSSR count). The summed E-state index contributed by atoms with van der Waals surface area (Å²) in [5.74, 6) is 0.0962. The van der Waals surface area contributed by atoms with E-state index in [0.29, 0.717) is 35.3 Å². The Balaban J connectivity index is 0.000000749. The molecule has 0 aliphatic rings. The molecule has 2 aromatic carbocycles. The minimum Gasteiger partial charge on any atom is -0.352 e. The van der Waals surface area contributed by atoms with Gasteiger partial charge in [0.1, 0.15) is 5.78 Å². The minimum absolute atomic E-state index is 0.0125. The van der Waals surface area contributed by atoms with Crippen molar-refractivity contribution in [2.24, 2.45) is 0 Å². The summed E-state index contributed by atoms with van der Waals surface area (Å²) in [6, 6.07) is 13.6. The van der Waals surface area contributed by atoms with Crippen molar-refractivity contribution in [1.82, 2.24) is 21.3 Å². The minimum atomic E-state index is -0.108. The number of benzene rings is 2. The van der Waals surface area contributed by atoms with Gasteiger partial charge in [-0.1, -0.05) is 56.9 Å². The fourth-order valence-corrected chi connectivity index (χ4v) is 4.26. The van der Waals surface area contributed by atoms with Crippen molar-refractivity contribution < 1.29 is 24.0 Å². The van der Waals surface area contributed by atoms with Crippen LogP contribution < -0.4 is 21.3 Å². The summed E-state index contributed by atoms with van der Waals surface area (Å²) in [6.45, 7) is 10.1. The first-order chi connectivity index (χ1) is 22.1. The van der Waals surface area contributed by atoms with Crippen LogP contribution in [0.25, 0.3) is 0 Å². The summed E-state index contributed by atoms with van der Waals surface area (Å²) in [5, 5.41) is 12.0. The van der Waals surface area contributed by atoms with E-state index in [1.54, 1.807) is 55.5 Å². The molecule has 0 heterocycles. The molecular weight excluding hydrogens is 580 g/mol. The molecule has 0 radical (unpaired) electrons. The molecule has 0 saturated carbocycles. The van der Waals surface area contributed by atoms with Crippen LogP contribution in [0.4, 0.5) is 0 Å². The van der Waals surface area contributed by atoms with E-state index in [2.05, 4.69) is 21.3 Å². The summed E-state index contributed by atoms with van der Waals surface area (Å²) in [7, 11) is 3.91. The van der Waals surface area contributed by atoms with Gasteiger partial charge < -0.3 is 26.1 Å². The number of hydrogen-bond donors (Lipinski definition) is 4. The first-order valence-corrected chi connectivity index (χ1v) is 16.6. The average Bonchev–Trinajstić information content (AvgIpc) is 3.04. The molecule has 0 atom stereocenters. The third-order valence-corrected chi connectivity index (χ3v) is 6.97. The maximum Gasteiger partial charge on any atom is 0.251 e. The van der Waals surface area contributed by atoms with Gasteiger partial charge in [0, 0.05) is 41.8 Å². The molecule has 2 aromatic rings. The Labute approximate surface area is 277 Å². The topological polar surface area (TPSA) is 133 Å². The van der Waals surface area contributed by atoms with Crippen LogP contribution in [0.15, 0.2) is 48.5 Å². The molecule has 0 fully saturated rings. The number of carbonyl (C=O) groups is 5. The van der Waals surface area contributed by atoms with Gasteiger partial charge in [-0.2, -0.15) is 0 Å². The highest BCUT2D eigenvalue weighted by Gasteiger charge is 2.08. The number of carbonyl (C=O) groups excluding carboxylic acids is 5. The molecule has 0 aromatic heterocycles. The largest absolute Gasteiger partial charge is 0.352 e. The lowest BCUT2D eigenvalue weighted by atomic mass is 10.1. The molecule has 0 aliphatic carbocycles. The second-order valence-electron chi connectivity index (χ2n) is 11.3. The van der Waals surface area contributed by atoms with Crippen LogP contribution in [-0.4, -0.2) is 69.4 Å². The highest BCUT2D eigenvalue weighted by atomic mass is 16.2. The van der Waals surface area contributed by atoms with Crippen LogP contribution in [0.1, 0.15) is 133 Å². The molecular formula is C37H58N4O5. The van der Waals surface area contributed by atoms with Gasteiger partial charge >= 0.3 is 0 Å². The standard InChI is InChI=1S/2C16H24N2O2.C5H10O/c1-13(19)14-7-9-15(10-8-14)16(20)18-12-6-4-3-5-11-17-2;1-13(19)14-8-7-9-15(12-14)16(20)18-11-6-4-3-5-10-17-2;1-3-4-5(2)6/h7-10,17H,3-6,11-12H2,1-2H3,(H,18,20);7-9,12,17H,3-6,10-11H2,1-2H3,(H,18,20);3-4H2,1-2H3. The third-order valence-electron chi connectivity index (χ3n) is 6.97. The summed E-state index contributed by atoms with van der Waals surface area (Å²) in [4.78, 5) is 56.2. The van der Waals surface area contributed by atoms with Crippen LogP contribution in [0, 0.1) is 0 Å². The fraction of sp³-hybridized carbons (Fsp3) is 0.541. The second kappa shape index (κ2) is 27.6. The van der Waals surface area contributed by atoms with Crippen molar-refractivity contribution in [3.05, 3.63) is 70.8 Å². The molecule has 9 heteroatoms. The van der Waals surface area contributed by atoms with Crippen molar-refractivity contribution in [2.45, 2.75) is 91.9 Å². The molecule has 46 heavy (non-hydrogen) atoms. The van der Waals surface area contributed by atoms with Crippen molar-refractivity contribution >= 4 is 29.2 Å². The summed E-state index contributed by atoms with van der Waals surface area (Å²) >= 11 is 0. The lowest BCUT2D eigenvalue weighted by Crippen LogP contribution is -2.24. The quantitative estimate of drug-likeness (QED) is 0.101. The Kier molecular flexibility index (Phi) is 25.4. The van der Waals surface area contributed by atoms with Crippen molar-refractivity contribution in [1.29, 1.82) is 0 Å². The van der Waals surface area contributed by atoms with Crippen LogP contribution >= 0.6 is 0 Å². The Bertz CT molecular complexity index is 1160. The molecule has 2 amide bonds. The summed E-state index contributed by atoms with van der Waals surface area (Å²) in [6.07, 6.45) is 10.7. The average molecular weight is 639 g/mol. The first kappa shape index (κ1) is 42.3. The first-order valence-electron chi connectivity index (χ1n) is 16.6. The molecule has 9 nitrogen and oxygen atoms in total. The molecule has 0 saturated heterocycles. The van der Waals surface area contributed by atoms with E-state index in [4.69, 9.17) is 0 Å². The molecule has 4 N–H and O–H groups in total. The van der Waals surface area contributed by atoms with Gasteiger partial charge in [0.2, 0.25) is 0 Å². The molecule has 0 spiro atoms. The maximum absolute atomic E-state index is 11.9. The smallest absolute Gasteiger partial charge is 0.251 e. The lowest BCUT2D eigenvalue weighted by Gasteiger charge is -2.06. The number of nitrogens with one attached hydrogen (secondary N) is 4. The van der Waals surface area contributed by atoms with Crippen molar-refractivity contribution in [2.75, 3.05) is 40.3 Å². The highest BCUT2D eigenvalue weighted by molar-refractivity contribution is 5.99. The van der Waals surface area contributed by atoms with Gasteiger partial charge in [0.15, 0.2) is 11.6 Å². The zero-order chi connectivity index (χ0) is 34.6. The number of hydrogen-bond acceptors (Lipinski definition) is 7. The van der Waals surface area contributed by atoms with E-state index in [0.717, 1.165) is 51.6 Å². The Hall–Kier alpha value is -3.69. The molecule has 256 valence electrons. The summed E-state index contributed by atoms with van der Waals surface area (Å²) < 4.78 is 0. The van der Waals surface area contributed by atoms with E-state index < -0.39 is 0 Å². The highest BCUT2D eigenvalue weighted by Crippen LogP contribution is 2.07. The van der Waals surface area contributed by atoms with E-state index >= 15 is 0 Å². The molecule has 0 bridgehead atoms. The van der Waals surface area contributed by atoms with E-state index in [1.165, 1.54) is 39.5 Å². The number of amides is 2. The van der Waals surface area contributed by atoms with E-state index in [1.807, 2.05) is 21.0 Å². The zero-order valence-corrected chi connectivity index (χ0v) is 29.1. The number of ketones is 3. The van der Waals surface area contributed by atoms with E-state index in [9.17, 15) is 24.0 Å². The van der Waals surface area contributed by atoms with Gasteiger partial charge in [-0.25, -0.2) is 0 Å². The predicted octanol–water partition coefficient (Wildman–Crippen LogP) is 6.17. The van der Waals surface area contributed by atoms with Crippen LogP contribution in [0.2, 0.25) is 0 Å². The van der Waals surface area contributed by atoms with Crippen LogP contribution in [0.3, 0.4) is 0 Å². The molecule has 0 unspecified atom stereocenters. The van der Waals surface area contributed by atoms with Gasteiger partial charge in [-0.15, -0.1) is 0 Å².